The van der Waals surface area contributed by atoms with Crippen LogP contribution < -0.4 is 20.5 Å². The van der Waals surface area contributed by atoms with Gasteiger partial charge in [-0.1, -0.05) is 0 Å². The smallest absolute Gasteiger partial charge is 0.224 e. The zero-order valence-electron chi connectivity index (χ0n) is 15.1. The van der Waals surface area contributed by atoms with E-state index >= 15 is 0 Å². The Kier molecular flexibility index (Phi) is 8.39. The first-order valence-electron chi connectivity index (χ1n) is 7.96. The Morgan fingerprint density at radius 2 is 1.74 bits per heavy atom. The Morgan fingerprint density at radius 3 is 2.33 bits per heavy atom. The number of carbonyl (C=O) groups excluding carboxylic acids is 1. The highest BCUT2D eigenvalue weighted by molar-refractivity contribution is 7.90. The van der Waals surface area contributed by atoms with Gasteiger partial charge in [0, 0.05) is 18.7 Å². The van der Waals surface area contributed by atoms with Crippen molar-refractivity contribution in [2.24, 2.45) is 0 Å². The van der Waals surface area contributed by atoms with Crippen molar-refractivity contribution in [3.05, 3.63) is 42.5 Å². The van der Waals surface area contributed by atoms with Crippen LogP contribution in [0.4, 0.5) is 11.4 Å². The highest BCUT2D eigenvalue weighted by Gasteiger charge is 2.08. The summed E-state index contributed by atoms with van der Waals surface area (Å²) >= 11 is 0. The molecule has 0 heterocycles. The normalized spacial score (nSPS) is 10.6. The van der Waals surface area contributed by atoms with Gasteiger partial charge >= 0.3 is 0 Å². The van der Waals surface area contributed by atoms with Gasteiger partial charge in [-0.25, -0.2) is 8.42 Å². The molecule has 0 aliphatic carbocycles. The second kappa shape index (κ2) is 10.0. The van der Waals surface area contributed by atoms with Crippen LogP contribution in [0.25, 0.3) is 0 Å². The minimum Gasteiger partial charge on any atom is -0.497 e. The number of halogens is 1. The van der Waals surface area contributed by atoms with Crippen LogP contribution in [-0.2, 0) is 14.6 Å². The molecule has 0 atom stereocenters. The van der Waals surface area contributed by atoms with E-state index in [1.54, 1.807) is 30.3 Å². The van der Waals surface area contributed by atoms with Crippen molar-refractivity contribution >= 4 is 39.5 Å². The van der Waals surface area contributed by atoms with Crippen LogP contribution in [0, 0.1) is 0 Å². The quantitative estimate of drug-likeness (QED) is 0.508. The van der Waals surface area contributed by atoms with Gasteiger partial charge in [-0.3, -0.25) is 4.79 Å². The molecule has 0 aliphatic heterocycles. The van der Waals surface area contributed by atoms with Crippen molar-refractivity contribution in [3.63, 3.8) is 0 Å². The van der Waals surface area contributed by atoms with E-state index in [1.807, 2.05) is 0 Å². The number of hydrogen-bond acceptors (Lipinski definition) is 6. The second-order valence-electron chi connectivity index (χ2n) is 5.70. The van der Waals surface area contributed by atoms with Gasteiger partial charge < -0.3 is 20.5 Å². The maximum atomic E-state index is 12.0. The number of ether oxygens (including phenoxy) is 2. The Bertz CT molecular complexity index is 870. The molecule has 9 heteroatoms. The Hall–Kier alpha value is -2.45. The maximum absolute atomic E-state index is 12.0. The standard InChI is InChI=1S/C18H22N2O5S.ClH/c1-24-14-7-10-16(19)17(12-14)20-18(21)4-3-11-25-13-5-8-15(9-6-13)26(2,22)23;/h5-10,12H,3-4,11,19H2,1-2H3,(H,20,21);1H. The maximum Gasteiger partial charge on any atom is 0.224 e. The monoisotopic (exact) mass is 414 g/mol. The van der Waals surface area contributed by atoms with E-state index in [1.165, 1.54) is 19.2 Å². The van der Waals surface area contributed by atoms with Crippen molar-refractivity contribution < 1.29 is 22.7 Å². The lowest BCUT2D eigenvalue weighted by Crippen LogP contribution is -2.14. The summed E-state index contributed by atoms with van der Waals surface area (Å²) in [6.07, 6.45) is 1.91. The van der Waals surface area contributed by atoms with Gasteiger partial charge in [0.15, 0.2) is 9.84 Å². The molecule has 0 saturated carbocycles. The summed E-state index contributed by atoms with van der Waals surface area (Å²) in [7, 11) is -1.68. The lowest BCUT2D eigenvalue weighted by atomic mass is 10.2. The zero-order chi connectivity index (χ0) is 19.2. The van der Waals surface area contributed by atoms with Gasteiger partial charge in [-0.05, 0) is 42.8 Å². The van der Waals surface area contributed by atoms with Gasteiger partial charge in [-0.15, -0.1) is 12.4 Å². The van der Waals surface area contributed by atoms with Crippen molar-refractivity contribution in [2.75, 3.05) is 31.0 Å². The van der Waals surface area contributed by atoms with Crippen LogP contribution in [0.3, 0.4) is 0 Å². The molecule has 2 aromatic rings. The molecule has 0 fully saturated rings. The van der Waals surface area contributed by atoms with Crippen molar-refractivity contribution in [3.8, 4) is 11.5 Å². The number of nitrogens with two attached hydrogens (primary N) is 1. The van der Waals surface area contributed by atoms with E-state index in [0.717, 1.165) is 6.26 Å². The molecule has 0 aromatic heterocycles. The first-order chi connectivity index (χ1) is 12.3. The molecule has 148 valence electrons. The third-order valence-electron chi connectivity index (χ3n) is 3.60. The fourth-order valence-corrected chi connectivity index (χ4v) is 2.82. The molecular weight excluding hydrogens is 392 g/mol. The molecular formula is C18H23ClN2O5S. The van der Waals surface area contributed by atoms with Gasteiger partial charge in [0.1, 0.15) is 11.5 Å². The SMILES string of the molecule is COc1ccc(N)c(NC(=O)CCCOc2ccc(S(C)(=O)=O)cc2)c1.Cl. The number of nitrogen functional groups attached to an aromatic ring is 1. The average Bonchev–Trinajstić information content (AvgIpc) is 2.60. The fourth-order valence-electron chi connectivity index (χ4n) is 2.19. The molecule has 0 saturated heterocycles. The first-order valence-corrected chi connectivity index (χ1v) is 9.85. The van der Waals surface area contributed by atoms with Gasteiger partial charge in [0.2, 0.25) is 5.91 Å². The second-order valence-corrected chi connectivity index (χ2v) is 7.71. The van der Waals surface area contributed by atoms with Crippen LogP contribution in [0.1, 0.15) is 12.8 Å². The molecule has 0 radical (unpaired) electrons. The summed E-state index contributed by atoms with van der Waals surface area (Å²) in [6, 6.07) is 11.2. The molecule has 2 aromatic carbocycles. The highest BCUT2D eigenvalue weighted by Crippen LogP contribution is 2.24. The number of benzene rings is 2. The first kappa shape index (κ1) is 22.6. The van der Waals surface area contributed by atoms with E-state index in [-0.39, 0.29) is 29.6 Å². The molecule has 0 spiro atoms. The summed E-state index contributed by atoms with van der Waals surface area (Å²) in [5, 5.41) is 2.74. The molecule has 1 amide bonds. The summed E-state index contributed by atoms with van der Waals surface area (Å²) in [6.45, 7) is 0.333. The fraction of sp³-hybridized carbons (Fsp3) is 0.278. The minimum absolute atomic E-state index is 0. The Labute approximate surface area is 165 Å². The van der Waals surface area contributed by atoms with Crippen LogP contribution in [0.15, 0.2) is 47.4 Å². The molecule has 0 unspecified atom stereocenters. The highest BCUT2D eigenvalue weighted by atomic mass is 35.5. The molecule has 7 nitrogen and oxygen atoms in total. The van der Waals surface area contributed by atoms with Crippen molar-refractivity contribution in [2.45, 2.75) is 17.7 Å². The Morgan fingerprint density at radius 1 is 1.11 bits per heavy atom. The summed E-state index contributed by atoms with van der Waals surface area (Å²) < 4.78 is 33.4. The molecule has 0 aliphatic rings. The summed E-state index contributed by atoms with van der Waals surface area (Å²) in [4.78, 5) is 12.2. The van der Waals surface area contributed by atoms with Gasteiger partial charge in [-0.2, -0.15) is 0 Å². The van der Waals surface area contributed by atoms with E-state index in [9.17, 15) is 13.2 Å². The van der Waals surface area contributed by atoms with Gasteiger partial charge in [0.05, 0.1) is 30.0 Å². The summed E-state index contributed by atoms with van der Waals surface area (Å²) in [5.74, 6) is 0.978. The number of rotatable bonds is 8. The lowest BCUT2D eigenvalue weighted by Gasteiger charge is -2.10. The van der Waals surface area contributed by atoms with Crippen LogP contribution in [0.5, 0.6) is 11.5 Å². The number of nitrogens with one attached hydrogen (secondary N) is 1. The molecule has 2 rings (SSSR count). The van der Waals surface area contributed by atoms with E-state index < -0.39 is 9.84 Å². The predicted molar refractivity (Wildman–Crippen MR) is 108 cm³/mol. The zero-order valence-corrected chi connectivity index (χ0v) is 16.7. The topological polar surface area (TPSA) is 108 Å². The number of amides is 1. The lowest BCUT2D eigenvalue weighted by molar-refractivity contribution is -0.116. The third kappa shape index (κ3) is 6.99. The molecule has 27 heavy (non-hydrogen) atoms. The van der Waals surface area contributed by atoms with Crippen LogP contribution in [0.2, 0.25) is 0 Å². The van der Waals surface area contributed by atoms with Gasteiger partial charge in [0.25, 0.3) is 0 Å². The largest absolute Gasteiger partial charge is 0.497 e. The van der Waals surface area contributed by atoms with E-state index in [2.05, 4.69) is 5.32 Å². The number of anilines is 2. The average molecular weight is 415 g/mol. The third-order valence-corrected chi connectivity index (χ3v) is 4.73. The van der Waals surface area contributed by atoms with Crippen LogP contribution >= 0.6 is 12.4 Å². The number of carbonyl (C=O) groups is 1. The molecule has 3 N–H and O–H groups in total. The number of sulfone groups is 1. The van der Waals surface area contributed by atoms with E-state index in [4.69, 9.17) is 15.2 Å². The molecule has 0 bridgehead atoms. The Balaban J connectivity index is 0.00000364. The van der Waals surface area contributed by atoms with Crippen LogP contribution in [-0.4, -0.2) is 34.3 Å². The van der Waals surface area contributed by atoms with Crippen molar-refractivity contribution in [1.29, 1.82) is 0 Å². The number of hydrogen-bond donors (Lipinski definition) is 2. The predicted octanol–water partition coefficient (Wildman–Crippen LogP) is 2.90. The van der Waals surface area contributed by atoms with Crippen molar-refractivity contribution in [1.82, 2.24) is 0 Å². The van der Waals surface area contributed by atoms with E-state index in [0.29, 0.717) is 35.9 Å². The number of methoxy groups -OCH3 is 1. The minimum atomic E-state index is -3.22. The summed E-state index contributed by atoms with van der Waals surface area (Å²) in [5.41, 5.74) is 6.79.